The highest BCUT2D eigenvalue weighted by molar-refractivity contribution is 6.17. The van der Waals surface area contributed by atoms with Crippen LogP contribution in [-0.2, 0) is 5.88 Å². The molecule has 19 heavy (non-hydrogen) atoms. The third-order valence-electron chi connectivity index (χ3n) is 3.08. The van der Waals surface area contributed by atoms with Crippen molar-refractivity contribution < 1.29 is 4.39 Å². The smallest absolute Gasteiger partial charge is 0.151 e. The SMILES string of the molecule is Cc1cccc(-n2c(CCl)nc3c(F)cccc32)c1. The second-order valence-corrected chi connectivity index (χ2v) is 4.71. The predicted molar refractivity (Wildman–Crippen MR) is 75.3 cm³/mol. The maximum absolute atomic E-state index is 13.8. The van der Waals surface area contributed by atoms with E-state index in [9.17, 15) is 4.39 Å². The molecule has 0 fully saturated rings. The number of imidazole rings is 1. The summed E-state index contributed by atoms with van der Waals surface area (Å²) >= 11 is 5.94. The number of benzene rings is 2. The summed E-state index contributed by atoms with van der Waals surface area (Å²) in [5, 5.41) is 0. The number of aryl methyl sites for hydroxylation is 1. The molecule has 0 N–H and O–H groups in total. The van der Waals surface area contributed by atoms with Crippen LogP contribution >= 0.6 is 11.6 Å². The minimum Gasteiger partial charge on any atom is -0.295 e. The van der Waals surface area contributed by atoms with Gasteiger partial charge in [-0.05, 0) is 36.8 Å². The first kappa shape index (κ1) is 12.2. The van der Waals surface area contributed by atoms with Gasteiger partial charge in [0.15, 0.2) is 5.82 Å². The molecule has 0 bridgehead atoms. The number of rotatable bonds is 2. The van der Waals surface area contributed by atoms with Crippen LogP contribution in [0.25, 0.3) is 16.7 Å². The Kier molecular flexibility index (Phi) is 2.99. The molecule has 2 aromatic carbocycles. The van der Waals surface area contributed by atoms with E-state index in [2.05, 4.69) is 4.98 Å². The summed E-state index contributed by atoms with van der Waals surface area (Å²) in [7, 11) is 0. The molecule has 3 rings (SSSR count). The highest BCUT2D eigenvalue weighted by Gasteiger charge is 2.14. The molecule has 0 atom stereocenters. The van der Waals surface area contributed by atoms with Gasteiger partial charge in [0.2, 0.25) is 0 Å². The second-order valence-electron chi connectivity index (χ2n) is 4.44. The van der Waals surface area contributed by atoms with Crippen LogP contribution in [0.2, 0.25) is 0 Å². The van der Waals surface area contributed by atoms with E-state index < -0.39 is 0 Å². The van der Waals surface area contributed by atoms with Crippen molar-refractivity contribution in [3.8, 4) is 5.69 Å². The Bertz CT molecular complexity index is 749. The van der Waals surface area contributed by atoms with Gasteiger partial charge in [0.25, 0.3) is 0 Å². The first-order chi connectivity index (χ1) is 9.20. The fourth-order valence-electron chi connectivity index (χ4n) is 2.26. The van der Waals surface area contributed by atoms with Crippen molar-refractivity contribution in [2.45, 2.75) is 12.8 Å². The molecule has 0 saturated heterocycles. The number of alkyl halides is 1. The Hall–Kier alpha value is -1.87. The molecule has 0 aliphatic heterocycles. The van der Waals surface area contributed by atoms with Gasteiger partial charge in [-0.25, -0.2) is 9.37 Å². The average Bonchev–Trinajstić information content (AvgIpc) is 2.78. The average molecular weight is 275 g/mol. The molecule has 2 nitrogen and oxygen atoms in total. The van der Waals surface area contributed by atoms with Crippen LogP contribution in [-0.4, -0.2) is 9.55 Å². The number of fused-ring (bicyclic) bond motifs is 1. The van der Waals surface area contributed by atoms with E-state index in [4.69, 9.17) is 11.6 Å². The summed E-state index contributed by atoms with van der Waals surface area (Å²) < 4.78 is 15.7. The number of hydrogen-bond donors (Lipinski definition) is 0. The van der Waals surface area contributed by atoms with E-state index in [0.29, 0.717) is 11.3 Å². The van der Waals surface area contributed by atoms with Crippen molar-refractivity contribution in [1.82, 2.24) is 9.55 Å². The van der Waals surface area contributed by atoms with Gasteiger partial charge < -0.3 is 0 Å². The van der Waals surface area contributed by atoms with Crippen LogP contribution in [0.3, 0.4) is 0 Å². The highest BCUT2D eigenvalue weighted by Crippen LogP contribution is 2.24. The minimum absolute atomic E-state index is 0.238. The molecule has 0 aliphatic carbocycles. The first-order valence-electron chi connectivity index (χ1n) is 5.99. The largest absolute Gasteiger partial charge is 0.295 e. The van der Waals surface area contributed by atoms with Crippen LogP contribution in [0.1, 0.15) is 11.4 Å². The predicted octanol–water partition coefficient (Wildman–Crippen LogP) is 4.21. The molecule has 4 heteroatoms. The van der Waals surface area contributed by atoms with Crippen LogP contribution < -0.4 is 0 Å². The number of hydrogen-bond acceptors (Lipinski definition) is 1. The van der Waals surface area contributed by atoms with Crippen molar-refractivity contribution in [2.24, 2.45) is 0 Å². The number of halogens is 2. The monoisotopic (exact) mass is 274 g/mol. The van der Waals surface area contributed by atoms with E-state index >= 15 is 0 Å². The molecular weight excluding hydrogens is 263 g/mol. The van der Waals surface area contributed by atoms with Crippen LogP contribution in [0.15, 0.2) is 42.5 Å². The highest BCUT2D eigenvalue weighted by atomic mass is 35.5. The lowest BCUT2D eigenvalue weighted by Crippen LogP contribution is -1.99. The summed E-state index contributed by atoms with van der Waals surface area (Å²) in [6.45, 7) is 2.02. The van der Waals surface area contributed by atoms with Gasteiger partial charge in [0.05, 0.1) is 11.4 Å². The van der Waals surface area contributed by atoms with Gasteiger partial charge in [0, 0.05) is 5.69 Å². The molecule has 3 aromatic rings. The van der Waals surface area contributed by atoms with E-state index in [-0.39, 0.29) is 11.7 Å². The normalized spacial score (nSPS) is 11.1. The zero-order chi connectivity index (χ0) is 13.4. The summed E-state index contributed by atoms with van der Waals surface area (Å²) in [6, 6.07) is 12.9. The van der Waals surface area contributed by atoms with Crippen molar-refractivity contribution in [3.63, 3.8) is 0 Å². The summed E-state index contributed by atoms with van der Waals surface area (Å²) in [5.41, 5.74) is 3.18. The molecule has 0 saturated carbocycles. The van der Waals surface area contributed by atoms with Crippen molar-refractivity contribution >= 4 is 22.6 Å². The zero-order valence-electron chi connectivity index (χ0n) is 10.4. The Morgan fingerprint density at radius 3 is 2.74 bits per heavy atom. The molecule has 0 spiro atoms. The molecule has 1 heterocycles. The fourth-order valence-corrected chi connectivity index (χ4v) is 2.44. The van der Waals surface area contributed by atoms with Gasteiger partial charge in [-0.3, -0.25) is 4.57 Å². The van der Waals surface area contributed by atoms with Crippen molar-refractivity contribution in [3.05, 3.63) is 59.7 Å². The van der Waals surface area contributed by atoms with E-state index in [1.54, 1.807) is 6.07 Å². The van der Waals surface area contributed by atoms with Gasteiger partial charge >= 0.3 is 0 Å². The molecule has 96 valence electrons. The van der Waals surface area contributed by atoms with Gasteiger partial charge in [-0.1, -0.05) is 18.2 Å². The molecule has 0 radical (unpaired) electrons. The maximum atomic E-state index is 13.8. The first-order valence-corrected chi connectivity index (χ1v) is 6.53. The van der Waals surface area contributed by atoms with Crippen LogP contribution in [0.5, 0.6) is 0 Å². The van der Waals surface area contributed by atoms with Gasteiger partial charge in [-0.2, -0.15) is 0 Å². The van der Waals surface area contributed by atoms with Gasteiger partial charge in [0.1, 0.15) is 11.3 Å². The van der Waals surface area contributed by atoms with E-state index in [1.807, 2.05) is 41.8 Å². The number of aromatic nitrogens is 2. The Balaban J connectivity index is 2.36. The minimum atomic E-state index is -0.324. The topological polar surface area (TPSA) is 17.8 Å². The second kappa shape index (κ2) is 4.67. The lowest BCUT2D eigenvalue weighted by molar-refractivity contribution is 0.637. The zero-order valence-corrected chi connectivity index (χ0v) is 11.2. The summed E-state index contributed by atoms with van der Waals surface area (Å²) in [4.78, 5) is 4.29. The quantitative estimate of drug-likeness (QED) is 0.640. The molecule has 1 aromatic heterocycles. The molecule has 0 amide bonds. The Morgan fingerprint density at radius 2 is 2.00 bits per heavy atom. The lowest BCUT2D eigenvalue weighted by atomic mass is 10.2. The summed E-state index contributed by atoms with van der Waals surface area (Å²) in [5.74, 6) is 0.560. The summed E-state index contributed by atoms with van der Waals surface area (Å²) in [6.07, 6.45) is 0. The van der Waals surface area contributed by atoms with Gasteiger partial charge in [-0.15, -0.1) is 11.6 Å². The number of para-hydroxylation sites is 1. The lowest BCUT2D eigenvalue weighted by Gasteiger charge is -2.08. The van der Waals surface area contributed by atoms with E-state index in [0.717, 1.165) is 16.8 Å². The van der Waals surface area contributed by atoms with Crippen molar-refractivity contribution in [2.75, 3.05) is 0 Å². The molecule has 0 unspecified atom stereocenters. The standard InChI is InChI=1S/C15H12ClFN2/c1-10-4-2-5-11(8-10)19-13-7-3-6-12(17)15(13)18-14(19)9-16/h2-8H,9H2,1H3. The van der Waals surface area contributed by atoms with E-state index in [1.165, 1.54) is 6.07 Å². The Labute approximate surface area is 115 Å². The number of nitrogens with zero attached hydrogens (tertiary/aromatic N) is 2. The van der Waals surface area contributed by atoms with Crippen LogP contribution in [0, 0.1) is 12.7 Å². The Morgan fingerprint density at radius 1 is 1.21 bits per heavy atom. The maximum Gasteiger partial charge on any atom is 0.151 e. The fraction of sp³-hybridized carbons (Fsp3) is 0.133. The molecular formula is C15H12ClFN2. The van der Waals surface area contributed by atoms with Crippen molar-refractivity contribution in [1.29, 1.82) is 0 Å². The third-order valence-corrected chi connectivity index (χ3v) is 3.32. The third kappa shape index (κ3) is 2.00. The molecule has 0 aliphatic rings. The van der Waals surface area contributed by atoms with Crippen LogP contribution in [0.4, 0.5) is 4.39 Å².